The van der Waals surface area contributed by atoms with Crippen LogP contribution in [0.25, 0.3) is 5.52 Å². The van der Waals surface area contributed by atoms with Crippen LogP contribution in [0, 0.1) is 13.8 Å². The molecule has 29 heavy (non-hydrogen) atoms. The number of aromatic nitrogens is 5. The van der Waals surface area contributed by atoms with Gasteiger partial charge in [-0.1, -0.05) is 18.2 Å². The second kappa shape index (κ2) is 7.97. The summed E-state index contributed by atoms with van der Waals surface area (Å²) in [6.45, 7) is 4.56. The number of allylic oxidation sites excluding steroid dienone is 1. The van der Waals surface area contributed by atoms with Crippen molar-refractivity contribution in [3.8, 4) is 0 Å². The van der Waals surface area contributed by atoms with Crippen LogP contribution in [0.15, 0.2) is 67.7 Å². The smallest absolute Gasteiger partial charge is 0.248 e. The Balaban J connectivity index is 1.54. The molecule has 2 N–H and O–H groups in total. The molecule has 0 spiro atoms. The SMILES string of the molecule is Cc1cccc(Nc2ncnn3cc(NC(=O)/C=C/Cn4ccnc4)c(C)c23)c1. The van der Waals surface area contributed by atoms with Gasteiger partial charge in [0.05, 0.1) is 18.2 Å². The Morgan fingerprint density at radius 2 is 2.17 bits per heavy atom. The second-order valence-electron chi connectivity index (χ2n) is 6.72. The third-order valence-electron chi connectivity index (χ3n) is 4.51. The maximum absolute atomic E-state index is 12.3. The molecule has 0 aliphatic carbocycles. The average molecular weight is 387 g/mol. The van der Waals surface area contributed by atoms with E-state index in [4.69, 9.17) is 0 Å². The van der Waals surface area contributed by atoms with E-state index in [0.717, 1.165) is 22.3 Å². The number of imidazole rings is 1. The molecule has 0 saturated carbocycles. The molecule has 0 aliphatic heterocycles. The molecule has 0 atom stereocenters. The maximum Gasteiger partial charge on any atom is 0.248 e. The fourth-order valence-corrected chi connectivity index (χ4v) is 3.09. The first kappa shape index (κ1) is 18.4. The summed E-state index contributed by atoms with van der Waals surface area (Å²) in [5, 5.41) is 10.5. The van der Waals surface area contributed by atoms with E-state index in [1.165, 1.54) is 12.4 Å². The van der Waals surface area contributed by atoms with E-state index in [-0.39, 0.29) is 5.91 Å². The Hall–Kier alpha value is -3.94. The number of hydrogen-bond acceptors (Lipinski definition) is 5. The molecule has 0 aliphatic rings. The molecule has 3 heterocycles. The van der Waals surface area contributed by atoms with Gasteiger partial charge in [0.1, 0.15) is 11.8 Å². The zero-order valence-corrected chi connectivity index (χ0v) is 16.2. The summed E-state index contributed by atoms with van der Waals surface area (Å²) in [5.74, 6) is 0.476. The Morgan fingerprint density at radius 3 is 2.97 bits per heavy atom. The molecule has 3 aromatic heterocycles. The lowest BCUT2D eigenvalue weighted by atomic mass is 10.2. The molecule has 0 bridgehead atoms. The number of nitrogens with one attached hydrogen (secondary N) is 2. The van der Waals surface area contributed by atoms with Crippen LogP contribution < -0.4 is 10.6 Å². The van der Waals surface area contributed by atoms with Crippen LogP contribution in [0.2, 0.25) is 0 Å². The lowest BCUT2D eigenvalue weighted by Gasteiger charge is -2.08. The molecule has 0 unspecified atom stereocenters. The Bertz CT molecular complexity index is 1180. The number of anilines is 3. The third-order valence-corrected chi connectivity index (χ3v) is 4.51. The normalized spacial score (nSPS) is 11.2. The topological polar surface area (TPSA) is 89.1 Å². The van der Waals surface area contributed by atoms with Gasteiger partial charge in [0.2, 0.25) is 5.91 Å². The van der Waals surface area contributed by atoms with E-state index >= 15 is 0 Å². The highest BCUT2D eigenvalue weighted by atomic mass is 16.1. The zero-order chi connectivity index (χ0) is 20.2. The summed E-state index contributed by atoms with van der Waals surface area (Å²) in [6.07, 6.45) is 11.8. The standard InChI is InChI=1S/C21H21N7O/c1-15-5-3-6-17(11-15)25-21-20-16(2)18(12-28(20)24-13-23-21)26-19(29)7-4-9-27-10-8-22-14-27/h3-8,10-14H,9H2,1-2H3,(H,26,29)(H,23,24,25)/b7-4+. The number of aryl methyl sites for hydroxylation is 2. The van der Waals surface area contributed by atoms with E-state index in [1.54, 1.807) is 29.3 Å². The monoisotopic (exact) mass is 387 g/mol. The predicted octanol–water partition coefficient (Wildman–Crippen LogP) is 3.48. The minimum Gasteiger partial charge on any atom is -0.338 e. The Labute approximate surface area is 167 Å². The van der Waals surface area contributed by atoms with Gasteiger partial charge in [0.25, 0.3) is 0 Å². The van der Waals surface area contributed by atoms with Gasteiger partial charge in [-0.25, -0.2) is 14.5 Å². The first-order valence-corrected chi connectivity index (χ1v) is 9.20. The summed E-state index contributed by atoms with van der Waals surface area (Å²) in [5.41, 5.74) is 4.49. The molecule has 8 heteroatoms. The second-order valence-corrected chi connectivity index (χ2v) is 6.72. The van der Waals surface area contributed by atoms with Gasteiger partial charge in [0.15, 0.2) is 5.82 Å². The number of hydrogen-bond donors (Lipinski definition) is 2. The highest BCUT2D eigenvalue weighted by Crippen LogP contribution is 2.28. The fraction of sp³-hybridized carbons (Fsp3) is 0.143. The molecular weight excluding hydrogens is 366 g/mol. The number of rotatable bonds is 6. The predicted molar refractivity (Wildman–Crippen MR) is 112 cm³/mol. The highest BCUT2D eigenvalue weighted by molar-refractivity contribution is 6.01. The number of carbonyl (C=O) groups is 1. The van der Waals surface area contributed by atoms with Gasteiger partial charge in [-0.15, -0.1) is 0 Å². The maximum atomic E-state index is 12.3. The van der Waals surface area contributed by atoms with Gasteiger partial charge >= 0.3 is 0 Å². The van der Waals surface area contributed by atoms with Crippen LogP contribution in [-0.2, 0) is 11.3 Å². The van der Waals surface area contributed by atoms with Crippen molar-refractivity contribution in [1.82, 2.24) is 24.1 Å². The Morgan fingerprint density at radius 1 is 1.28 bits per heavy atom. The molecule has 0 radical (unpaired) electrons. The quantitative estimate of drug-likeness (QED) is 0.495. The molecule has 1 amide bonds. The molecule has 4 aromatic rings. The molecule has 146 valence electrons. The van der Waals surface area contributed by atoms with Gasteiger partial charge in [-0.2, -0.15) is 5.10 Å². The number of amides is 1. The highest BCUT2D eigenvalue weighted by Gasteiger charge is 2.14. The largest absolute Gasteiger partial charge is 0.338 e. The van der Waals surface area contributed by atoms with Crippen LogP contribution in [0.5, 0.6) is 0 Å². The van der Waals surface area contributed by atoms with Crippen LogP contribution in [0.1, 0.15) is 11.1 Å². The third kappa shape index (κ3) is 4.16. The van der Waals surface area contributed by atoms with Gasteiger partial charge in [-0.05, 0) is 31.5 Å². The van der Waals surface area contributed by atoms with E-state index in [9.17, 15) is 4.79 Å². The van der Waals surface area contributed by atoms with Crippen molar-refractivity contribution >= 4 is 28.6 Å². The van der Waals surface area contributed by atoms with E-state index in [2.05, 4.69) is 25.7 Å². The molecule has 0 fully saturated rings. The summed E-state index contributed by atoms with van der Waals surface area (Å²) < 4.78 is 3.59. The van der Waals surface area contributed by atoms with Crippen LogP contribution >= 0.6 is 0 Å². The first-order chi connectivity index (χ1) is 14.1. The first-order valence-electron chi connectivity index (χ1n) is 9.20. The zero-order valence-electron chi connectivity index (χ0n) is 16.2. The number of fused-ring (bicyclic) bond motifs is 1. The van der Waals surface area contributed by atoms with Crippen LogP contribution in [-0.4, -0.2) is 30.1 Å². The summed E-state index contributed by atoms with van der Waals surface area (Å²) in [7, 11) is 0. The average Bonchev–Trinajstić information content (AvgIpc) is 3.31. The van der Waals surface area contributed by atoms with Crippen molar-refractivity contribution in [2.75, 3.05) is 10.6 Å². The molecule has 8 nitrogen and oxygen atoms in total. The number of nitrogens with zero attached hydrogens (tertiary/aromatic N) is 5. The molecule has 0 saturated heterocycles. The van der Waals surface area contributed by atoms with Crippen molar-refractivity contribution in [2.24, 2.45) is 0 Å². The summed E-state index contributed by atoms with van der Waals surface area (Å²) in [4.78, 5) is 20.7. The van der Waals surface area contributed by atoms with E-state index in [0.29, 0.717) is 18.1 Å². The van der Waals surface area contributed by atoms with Gasteiger partial charge < -0.3 is 15.2 Å². The van der Waals surface area contributed by atoms with Crippen molar-refractivity contribution in [1.29, 1.82) is 0 Å². The van der Waals surface area contributed by atoms with Crippen LogP contribution in [0.4, 0.5) is 17.2 Å². The van der Waals surface area contributed by atoms with Crippen molar-refractivity contribution in [2.45, 2.75) is 20.4 Å². The van der Waals surface area contributed by atoms with Crippen molar-refractivity contribution in [3.63, 3.8) is 0 Å². The Kier molecular flexibility index (Phi) is 5.07. The van der Waals surface area contributed by atoms with Crippen LogP contribution in [0.3, 0.4) is 0 Å². The number of benzene rings is 1. The lowest BCUT2D eigenvalue weighted by Crippen LogP contribution is -2.08. The lowest BCUT2D eigenvalue weighted by molar-refractivity contribution is -0.111. The summed E-state index contributed by atoms with van der Waals surface area (Å²) >= 11 is 0. The van der Waals surface area contributed by atoms with E-state index in [1.807, 2.05) is 48.9 Å². The number of carbonyl (C=O) groups excluding carboxylic acids is 1. The minimum atomic E-state index is -0.203. The van der Waals surface area contributed by atoms with Gasteiger partial charge in [0, 0.05) is 36.3 Å². The molecular formula is C21H21N7O. The van der Waals surface area contributed by atoms with Crippen molar-refractivity contribution < 1.29 is 4.79 Å². The van der Waals surface area contributed by atoms with Gasteiger partial charge in [-0.3, -0.25) is 4.79 Å². The minimum absolute atomic E-state index is 0.203. The fourth-order valence-electron chi connectivity index (χ4n) is 3.09. The molecule has 1 aromatic carbocycles. The van der Waals surface area contributed by atoms with E-state index < -0.39 is 0 Å². The molecule has 4 rings (SSSR count). The van der Waals surface area contributed by atoms with Crippen molar-refractivity contribution in [3.05, 3.63) is 78.8 Å². The summed E-state index contributed by atoms with van der Waals surface area (Å²) in [6, 6.07) is 8.06.